The maximum Gasteiger partial charge on any atom is 0.295 e. The lowest BCUT2D eigenvalue weighted by Gasteiger charge is -2.07. The first-order valence-electron chi connectivity index (χ1n) is 5.35. The Morgan fingerprint density at radius 2 is 2.32 bits per heavy atom. The van der Waals surface area contributed by atoms with E-state index in [9.17, 15) is 14.5 Å². The third kappa shape index (κ3) is 2.90. The topological polar surface area (TPSA) is 83.8 Å². The van der Waals surface area contributed by atoms with Crippen molar-refractivity contribution in [2.75, 3.05) is 5.32 Å². The summed E-state index contributed by atoms with van der Waals surface area (Å²) in [5.41, 5.74) is 1.70. The number of hydrogen-bond acceptors (Lipinski definition) is 4. The van der Waals surface area contributed by atoms with E-state index in [-0.39, 0.29) is 15.8 Å². The molecule has 0 fully saturated rings. The summed E-state index contributed by atoms with van der Waals surface area (Å²) < 4.78 is 13.5. The maximum atomic E-state index is 13.3. The van der Waals surface area contributed by atoms with Crippen LogP contribution < -0.4 is 5.32 Å². The lowest BCUT2D eigenvalue weighted by Crippen LogP contribution is -2.03. The number of aryl methyl sites for hydroxylation is 1. The second-order valence-electron chi connectivity index (χ2n) is 3.91. The number of rotatable bonds is 4. The van der Waals surface area contributed by atoms with E-state index in [1.807, 2.05) is 6.92 Å². The van der Waals surface area contributed by atoms with E-state index in [1.165, 1.54) is 6.07 Å². The molecule has 1 aromatic carbocycles. The molecule has 0 saturated carbocycles. The van der Waals surface area contributed by atoms with Gasteiger partial charge in [0.25, 0.3) is 5.69 Å². The number of anilines is 1. The molecule has 100 valence electrons. The Morgan fingerprint density at radius 3 is 2.89 bits per heavy atom. The lowest BCUT2D eigenvalue weighted by molar-refractivity contribution is -0.384. The van der Waals surface area contributed by atoms with Gasteiger partial charge in [-0.25, -0.2) is 4.39 Å². The normalized spacial score (nSPS) is 10.5. The molecule has 0 bridgehead atoms. The van der Waals surface area contributed by atoms with Gasteiger partial charge >= 0.3 is 0 Å². The Balaban J connectivity index is 2.26. The average molecular weight is 329 g/mol. The number of hydrogen-bond donors (Lipinski definition) is 2. The van der Waals surface area contributed by atoms with Crippen LogP contribution in [0, 0.1) is 22.9 Å². The van der Waals surface area contributed by atoms with Crippen LogP contribution in [0.25, 0.3) is 0 Å². The molecule has 0 atom stereocenters. The molecule has 2 aromatic rings. The van der Waals surface area contributed by atoms with Gasteiger partial charge in [0.15, 0.2) is 0 Å². The zero-order chi connectivity index (χ0) is 14.0. The van der Waals surface area contributed by atoms with Crippen LogP contribution in [0.5, 0.6) is 0 Å². The molecule has 0 radical (unpaired) electrons. The third-order valence-corrected chi connectivity index (χ3v) is 3.25. The molecule has 0 aliphatic rings. The molecular formula is C11H10BrFN4O2. The number of nitrogens with zero attached hydrogens (tertiary/aromatic N) is 2. The van der Waals surface area contributed by atoms with E-state index in [4.69, 9.17) is 0 Å². The van der Waals surface area contributed by atoms with Crippen molar-refractivity contribution < 1.29 is 9.31 Å². The zero-order valence-corrected chi connectivity index (χ0v) is 11.5. The molecule has 6 nitrogen and oxygen atoms in total. The summed E-state index contributed by atoms with van der Waals surface area (Å²) in [5.74, 6) is -0.670. The molecule has 0 amide bonds. The van der Waals surface area contributed by atoms with Crippen molar-refractivity contribution in [3.8, 4) is 0 Å². The van der Waals surface area contributed by atoms with Gasteiger partial charge in [-0.15, -0.1) is 0 Å². The predicted molar refractivity (Wildman–Crippen MR) is 71.4 cm³/mol. The highest BCUT2D eigenvalue weighted by atomic mass is 79.9. The van der Waals surface area contributed by atoms with Gasteiger partial charge in [-0.1, -0.05) is 0 Å². The summed E-state index contributed by atoms with van der Waals surface area (Å²) in [7, 11) is 0. The first-order valence-corrected chi connectivity index (χ1v) is 6.14. The number of halogens is 2. The standard InChI is InChI=1S/C11H10BrFN4O2/c1-6-7(5-15-16-6)4-14-10-2-8(12)9(13)3-11(10)17(18)19/h2-3,5,14H,4H2,1H3,(H,15,16). The molecular weight excluding hydrogens is 319 g/mol. The molecule has 19 heavy (non-hydrogen) atoms. The molecule has 1 heterocycles. The van der Waals surface area contributed by atoms with Crippen LogP contribution >= 0.6 is 15.9 Å². The predicted octanol–water partition coefficient (Wildman–Crippen LogP) is 3.14. The van der Waals surface area contributed by atoms with E-state index < -0.39 is 10.7 Å². The fraction of sp³-hybridized carbons (Fsp3) is 0.182. The van der Waals surface area contributed by atoms with Gasteiger partial charge in [0.1, 0.15) is 11.5 Å². The van der Waals surface area contributed by atoms with Crippen LogP contribution in [0.3, 0.4) is 0 Å². The number of aromatic amines is 1. The van der Waals surface area contributed by atoms with Crippen LogP contribution in [0.2, 0.25) is 0 Å². The minimum Gasteiger partial charge on any atom is -0.375 e. The summed E-state index contributed by atoms with van der Waals surface area (Å²) in [6.07, 6.45) is 1.63. The average Bonchev–Trinajstić information content (AvgIpc) is 2.75. The molecule has 1 aromatic heterocycles. The van der Waals surface area contributed by atoms with Crippen LogP contribution in [-0.2, 0) is 6.54 Å². The molecule has 0 spiro atoms. The number of H-pyrrole nitrogens is 1. The maximum absolute atomic E-state index is 13.3. The number of benzene rings is 1. The first kappa shape index (κ1) is 13.5. The van der Waals surface area contributed by atoms with Crippen molar-refractivity contribution in [2.45, 2.75) is 13.5 Å². The minimum absolute atomic E-state index is 0.171. The van der Waals surface area contributed by atoms with E-state index in [0.717, 1.165) is 17.3 Å². The second kappa shape index (κ2) is 5.35. The summed E-state index contributed by atoms with van der Waals surface area (Å²) >= 11 is 3.01. The van der Waals surface area contributed by atoms with Crippen molar-refractivity contribution in [3.05, 3.63) is 50.0 Å². The van der Waals surface area contributed by atoms with Gasteiger partial charge in [0.2, 0.25) is 0 Å². The Hall–Kier alpha value is -1.96. The Bertz CT molecular complexity index is 629. The molecule has 2 rings (SSSR count). The van der Waals surface area contributed by atoms with Crippen molar-refractivity contribution >= 4 is 27.3 Å². The Morgan fingerprint density at radius 1 is 1.58 bits per heavy atom. The number of nitro groups is 1. The molecule has 8 heteroatoms. The largest absolute Gasteiger partial charge is 0.375 e. The fourth-order valence-corrected chi connectivity index (χ4v) is 1.92. The highest BCUT2D eigenvalue weighted by Gasteiger charge is 2.17. The monoisotopic (exact) mass is 328 g/mol. The molecule has 0 aliphatic heterocycles. The smallest absolute Gasteiger partial charge is 0.295 e. The number of nitrogens with one attached hydrogen (secondary N) is 2. The highest BCUT2D eigenvalue weighted by Crippen LogP contribution is 2.30. The Kier molecular flexibility index (Phi) is 3.79. The van der Waals surface area contributed by atoms with Crippen LogP contribution in [-0.4, -0.2) is 15.1 Å². The zero-order valence-electron chi connectivity index (χ0n) is 9.91. The summed E-state index contributed by atoms with van der Waals surface area (Å²) in [6, 6.07) is 2.23. The molecule has 2 N–H and O–H groups in total. The Labute approximate surface area is 116 Å². The molecule has 0 aliphatic carbocycles. The van der Waals surface area contributed by atoms with Crippen molar-refractivity contribution in [1.82, 2.24) is 10.2 Å². The molecule has 0 saturated heterocycles. The van der Waals surface area contributed by atoms with Gasteiger partial charge < -0.3 is 5.32 Å². The quantitative estimate of drug-likeness (QED) is 0.667. The number of nitro benzene ring substituents is 1. The molecule has 0 unspecified atom stereocenters. The van der Waals surface area contributed by atoms with E-state index in [1.54, 1.807) is 6.20 Å². The van der Waals surface area contributed by atoms with Crippen molar-refractivity contribution in [3.63, 3.8) is 0 Å². The van der Waals surface area contributed by atoms with Gasteiger partial charge in [0, 0.05) is 17.8 Å². The van der Waals surface area contributed by atoms with E-state index >= 15 is 0 Å². The van der Waals surface area contributed by atoms with E-state index in [2.05, 4.69) is 31.4 Å². The SMILES string of the molecule is Cc1[nH]ncc1CNc1cc(Br)c(F)cc1[N+](=O)[O-]. The number of aromatic nitrogens is 2. The summed E-state index contributed by atoms with van der Waals surface area (Å²) in [5, 5.41) is 20.4. The van der Waals surface area contributed by atoms with E-state index in [0.29, 0.717) is 6.54 Å². The second-order valence-corrected chi connectivity index (χ2v) is 4.77. The van der Waals surface area contributed by atoms with Crippen LogP contribution in [0.15, 0.2) is 22.8 Å². The van der Waals surface area contributed by atoms with Gasteiger partial charge in [-0.3, -0.25) is 15.2 Å². The third-order valence-electron chi connectivity index (χ3n) is 2.64. The van der Waals surface area contributed by atoms with Gasteiger partial charge in [-0.2, -0.15) is 5.10 Å². The van der Waals surface area contributed by atoms with Crippen LogP contribution in [0.1, 0.15) is 11.3 Å². The summed E-state index contributed by atoms with van der Waals surface area (Å²) in [6.45, 7) is 2.21. The van der Waals surface area contributed by atoms with Gasteiger partial charge in [0.05, 0.1) is 21.7 Å². The fourth-order valence-electron chi connectivity index (χ4n) is 1.57. The van der Waals surface area contributed by atoms with Crippen LogP contribution in [0.4, 0.5) is 15.8 Å². The first-order chi connectivity index (χ1) is 8.99. The van der Waals surface area contributed by atoms with Crippen molar-refractivity contribution in [1.29, 1.82) is 0 Å². The summed E-state index contributed by atoms with van der Waals surface area (Å²) in [4.78, 5) is 10.3. The minimum atomic E-state index is -0.670. The van der Waals surface area contributed by atoms with Crippen molar-refractivity contribution in [2.24, 2.45) is 0 Å². The lowest BCUT2D eigenvalue weighted by atomic mass is 10.2. The van der Waals surface area contributed by atoms with Gasteiger partial charge in [-0.05, 0) is 28.9 Å². The highest BCUT2D eigenvalue weighted by molar-refractivity contribution is 9.10.